The number of aliphatic hydroxyl groups is 5. The summed E-state index contributed by atoms with van der Waals surface area (Å²) in [7, 11) is 0. The van der Waals surface area contributed by atoms with Gasteiger partial charge in [0.25, 0.3) is 0 Å². The summed E-state index contributed by atoms with van der Waals surface area (Å²) in [6.07, 6.45) is 53.8. The van der Waals surface area contributed by atoms with Gasteiger partial charge in [0.1, 0.15) is 24.4 Å². The molecule has 0 saturated carbocycles. The topological polar surface area (TPSA) is 149 Å². The zero-order chi connectivity index (χ0) is 47.3. The molecular formula is C56H103NO8. The largest absolute Gasteiger partial charge is 0.394 e. The number of amides is 1. The summed E-state index contributed by atoms with van der Waals surface area (Å²) in [6, 6.07) is -0.825. The van der Waals surface area contributed by atoms with Crippen LogP contribution in [0.5, 0.6) is 0 Å². The highest BCUT2D eigenvalue weighted by molar-refractivity contribution is 5.76. The quantitative estimate of drug-likeness (QED) is 0.0261. The van der Waals surface area contributed by atoms with E-state index in [1.165, 1.54) is 180 Å². The molecule has 1 amide bonds. The summed E-state index contributed by atoms with van der Waals surface area (Å²) < 4.78 is 11.2. The van der Waals surface area contributed by atoms with Crippen LogP contribution in [0.2, 0.25) is 0 Å². The molecule has 1 aliphatic rings. The second-order valence-corrected chi connectivity index (χ2v) is 19.0. The third kappa shape index (κ3) is 35.9. The molecule has 7 atom stereocenters. The molecule has 380 valence electrons. The molecule has 1 heterocycles. The maximum atomic E-state index is 13.0. The Hall–Kier alpha value is -1.85. The minimum Gasteiger partial charge on any atom is -0.394 e. The molecule has 0 aromatic carbocycles. The van der Waals surface area contributed by atoms with Gasteiger partial charge in [0, 0.05) is 6.42 Å². The van der Waals surface area contributed by atoms with Crippen LogP contribution in [0, 0.1) is 0 Å². The van der Waals surface area contributed by atoms with Crippen molar-refractivity contribution in [3.8, 4) is 0 Å². The Bertz CT molecular complexity index is 1160. The number of unbranched alkanes of at least 4 members (excludes halogenated alkanes) is 31. The fraction of sp³-hybridized carbons (Fsp3) is 0.839. The van der Waals surface area contributed by atoms with Crippen LogP contribution in [-0.4, -0.2) is 87.5 Å². The minimum absolute atomic E-state index is 0.192. The first-order chi connectivity index (χ1) is 31.8. The van der Waals surface area contributed by atoms with Crippen LogP contribution in [0.4, 0.5) is 0 Å². The number of rotatable bonds is 46. The lowest BCUT2D eigenvalue weighted by Crippen LogP contribution is -2.60. The number of carbonyl (C=O) groups is 1. The molecule has 0 radical (unpaired) electrons. The monoisotopic (exact) mass is 918 g/mol. The van der Waals surface area contributed by atoms with Crippen LogP contribution in [0.1, 0.15) is 245 Å². The third-order valence-corrected chi connectivity index (χ3v) is 12.9. The summed E-state index contributed by atoms with van der Waals surface area (Å²) in [5, 5.41) is 54.1. The normalized spacial score (nSPS) is 20.3. The number of hydrogen-bond donors (Lipinski definition) is 6. The van der Waals surface area contributed by atoms with E-state index in [1.54, 1.807) is 6.08 Å². The number of carbonyl (C=O) groups excluding carboxylic acids is 1. The molecule has 0 spiro atoms. The van der Waals surface area contributed by atoms with Crippen LogP contribution in [0.3, 0.4) is 0 Å². The molecule has 7 unspecified atom stereocenters. The highest BCUT2D eigenvalue weighted by Crippen LogP contribution is 2.23. The zero-order valence-electron chi connectivity index (χ0n) is 42.0. The summed E-state index contributed by atoms with van der Waals surface area (Å²) in [4.78, 5) is 13.0. The standard InChI is InChI=1S/C56H103NO8/c1-3-5-7-9-11-13-14-15-16-17-18-19-20-21-22-23-24-25-26-27-28-29-30-31-32-33-34-35-36-38-40-42-44-46-52(60)57-49(50(59)45-43-41-39-37-12-10-8-6-4-2)48-64-56-55(63)54(62)53(61)51(47-58)65-56/h4,6,12,21-22,37,43,45,49-51,53-56,58-59,61-63H,3,5,7-11,13-20,23-36,38-42,44,46-48H2,1-2H3,(H,57,60)/b6-4+,22-21-,37-12+,45-43+. The highest BCUT2D eigenvalue weighted by Gasteiger charge is 2.44. The van der Waals surface area contributed by atoms with Crippen molar-refractivity contribution in [1.29, 1.82) is 0 Å². The first kappa shape index (κ1) is 61.2. The smallest absolute Gasteiger partial charge is 0.220 e. The van der Waals surface area contributed by atoms with Crippen LogP contribution >= 0.6 is 0 Å². The summed E-state index contributed by atoms with van der Waals surface area (Å²) >= 11 is 0. The fourth-order valence-electron chi connectivity index (χ4n) is 8.60. The Morgan fingerprint density at radius 3 is 1.38 bits per heavy atom. The van der Waals surface area contributed by atoms with Crippen LogP contribution in [-0.2, 0) is 14.3 Å². The van der Waals surface area contributed by atoms with Crippen molar-refractivity contribution in [2.75, 3.05) is 13.2 Å². The minimum atomic E-state index is -1.57. The van der Waals surface area contributed by atoms with Crippen molar-refractivity contribution in [1.82, 2.24) is 5.32 Å². The van der Waals surface area contributed by atoms with Crippen LogP contribution in [0.25, 0.3) is 0 Å². The van der Waals surface area contributed by atoms with Gasteiger partial charge in [-0.1, -0.05) is 222 Å². The summed E-state index contributed by atoms with van der Waals surface area (Å²) in [5.41, 5.74) is 0. The Morgan fingerprint density at radius 2 is 0.938 bits per heavy atom. The zero-order valence-corrected chi connectivity index (χ0v) is 42.0. The highest BCUT2D eigenvalue weighted by atomic mass is 16.7. The first-order valence-electron chi connectivity index (χ1n) is 27.3. The molecule has 0 aromatic heterocycles. The summed E-state index contributed by atoms with van der Waals surface area (Å²) in [5.74, 6) is -0.192. The van der Waals surface area contributed by atoms with Gasteiger partial charge in [-0.05, 0) is 64.7 Å². The van der Waals surface area contributed by atoms with Crippen molar-refractivity contribution in [3.05, 3.63) is 48.6 Å². The molecule has 1 fully saturated rings. The maximum absolute atomic E-state index is 13.0. The Morgan fingerprint density at radius 1 is 0.538 bits per heavy atom. The van der Waals surface area contributed by atoms with Gasteiger partial charge in [-0.3, -0.25) is 4.79 Å². The van der Waals surface area contributed by atoms with E-state index in [2.05, 4.69) is 42.6 Å². The molecule has 1 saturated heterocycles. The second-order valence-electron chi connectivity index (χ2n) is 19.0. The number of nitrogens with one attached hydrogen (secondary N) is 1. The average molecular weight is 918 g/mol. The van der Waals surface area contributed by atoms with Gasteiger partial charge in [0.05, 0.1) is 25.4 Å². The third-order valence-electron chi connectivity index (χ3n) is 12.9. The lowest BCUT2D eigenvalue weighted by molar-refractivity contribution is -0.302. The number of ether oxygens (including phenoxy) is 2. The van der Waals surface area contributed by atoms with Gasteiger partial charge in [-0.25, -0.2) is 0 Å². The Labute approximate surface area is 399 Å². The molecule has 0 aromatic rings. The maximum Gasteiger partial charge on any atom is 0.220 e. The van der Waals surface area contributed by atoms with Crippen molar-refractivity contribution in [2.24, 2.45) is 0 Å². The molecule has 0 aliphatic carbocycles. The van der Waals surface area contributed by atoms with Gasteiger partial charge in [-0.15, -0.1) is 0 Å². The predicted molar refractivity (Wildman–Crippen MR) is 272 cm³/mol. The van der Waals surface area contributed by atoms with Crippen molar-refractivity contribution in [2.45, 2.75) is 288 Å². The van der Waals surface area contributed by atoms with Gasteiger partial charge in [-0.2, -0.15) is 0 Å². The number of allylic oxidation sites excluding steroid dienone is 7. The molecule has 1 rings (SSSR count). The lowest BCUT2D eigenvalue weighted by atomic mass is 9.99. The van der Waals surface area contributed by atoms with Gasteiger partial charge >= 0.3 is 0 Å². The predicted octanol–water partition coefficient (Wildman–Crippen LogP) is 13.0. The van der Waals surface area contributed by atoms with Gasteiger partial charge < -0.3 is 40.3 Å². The molecule has 0 bridgehead atoms. The van der Waals surface area contributed by atoms with E-state index in [9.17, 15) is 30.3 Å². The van der Waals surface area contributed by atoms with Gasteiger partial charge in [0.2, 0.25) is 5.91 Å². The van der Waals surface area contributed by atoms with Crippen molar-refractivity contribution in [3.63, 3.8) is 0 Å². The molecule has 9 heteroatoms. The fourth-order valence-corrected chi connectivity index (χ4v) is 8.60. The second kappa shape index (κ2) is 45.9. The van der Waals surface area contributed by atoms with Crippen LogP contribution < -0.4 is 5.32 Å². The summed E-state index contributed by atoms with van der Waals surface area (Å²) in [6.45, 7) is 3.53. The first-order valence-corrected chi connectivity index (χ1v) is 27.3. The van der Waals surface area contributed by atoms with Crippen molar-refractivity contribution < 1.29 is 39.8 Å². The molecule has 9 nitrogen and oxygen atoms in total. The number of hydrogen-bond acceptors (Lipinski definition) is 8. The van der Waals surface area contributed by atoms with Crippen molar-refractivity contribution >= 4 is 5.91 Å². The molecular weight excluding hydrogens is 815 g/mol. The van der Waals surface area contributed by atoms with E-state index in [-0.39, 0.29) is 12.5 Å². The average Bonchev–Trinajstić information content (AvgIpc) is 3.31. The van der Waals surface area contributed by atoms with E-state index in [0.29, 0.717) is 6.42 Å². The molecule has 65 heavy (non-hydrogen) atoms. The lowest BCUT2D eigenvalue weighted by Gasteiger charge is -2.40. The van der Waals surface area contributed by atoms with E-state index >= 15 is 0 Å². The molecule has 1 aliphatic heterocycles. The number of aliphatic hydroxyl groups excluding tert-OH is 5. The van der Waals surface area contributed by atoms with E-state index in [0.717, 1.165) is 44.9 Å². The van der Waals surface area contributed by atoms with Gasteiger partial charge in [0.15, 0.2) is 6.29 Å². The Balaban J connectivity index is 2.07. The van der Waals surface area contributed by atoms with E-state index < -0.39 is 49.5 Å². The van der Waals surface area contributed by atoms with Crippen LogP contribution in [0.15, 0.2) is 48.6 Å². The Kier molecular flexibility index (Phi) is 43.2. The van der Waals surface area contributed by atoms with E-state index in [4.69, 9.17) is 9.47 Å². The SMILES string of the molecule is C/C=C/CC/C=C/CC/C=C/C(O)C(COC1OC(CO)C(O)C(O)C1O)NC(=O)CCCCCCCCCCCCCCCCCCC/C=C\CCCCCCCCCCCCCC. The molecule has 6 N–H and O–H groups in total. The van der Waals surface area contributed by atoms with E-state index in [1.807, 2.05) is 19.1 Å².